The van der Waals surface area contributed by atoms with Crippen molar-refractivity contribution >= 4 is 5.69 Å². The molecule has 0 unspecified atom stereocenters. The van der Waals surface area contributed by atoms with E-state index in [4.69, 9.17) is 18.9 Å². The van der Waals surface area contributed by atoms with Crippen molar-refractivity contribution in [2.24, 2.45) is 17.3 Å². The fourth-order valence-electron chi connectivity index (χ4n) is 10.5. The summed E-state index contributed by atoms with van der Waals surface area (Å²) >= 11 is 0. The van der Waals surface area contributed by atoms with E-state index in [-0.39, 0.29) is 17.9 Å². The van der Waals surface area contributed by atoms with Gasteiger partial charge >= 0.3 is 0 Å². The molecular formula is C34H49NO6. The molecule has 2 aliphatic heterocycles. The number of hydrogen-bond donors (Lipinski definition) is 2. The summed E-state index contributed by atoms with van der Waals surface area (Å²) in [5, 5.41) is 23.8. The van der Waals surface area contributed by atoms with Crippen LogP contribution in [-0.4, -0.2) is 80.4 Å². The number of nitrogens with zero attached hydrogens (tertiary/aromatic N) is 1. The maximum absolute atomic E-state index is 12.3. The molecule has 226 valence electrons. The minimum Gasteiger partial charge on any atom is -0.388 e. The Morgan fingerprint density at radius 3 is 2.44 bits per heavy atom. The number of fused-ring (bicyclic) bond motifs is 4. The number of aliphatic hydroxyl groups excluding tert-OH is 1. The van der Waals surface area contributed by atoms with Gasteiger partial charge in [0.15, 0.2) is 5.79 Å². The lowest BCUT2D eigenvalue weighted by Gasteiger charge is -2.59. The molecule has 7 nitrogen and oxygen atoms in total. The fourth-order valence-corrected chi connectivity index (χ4v) is 10.5. The quantitative estimate of drug-likeness (QED) is 0.471. The lowest BCUT2D eigenvalue weighted by Crippen LogP contribution is -2.60. The molecule has 41 heavy (non-hydrogen) atoms. The third kappa shape index (κ3) is 4.21. The van der Waals surface area contributed by atoms with Crippen LogP contribution in [0, 0.1) is 17.3 Å². The first kappa shape index (κ1) is 28.3. The minimum atomic E-state index is -0.886. The Bertz CT molecular complexity index is 1160. The van der Waals surface area contributed by atoms with E-state index in [1.54, 1.807) is 14.2 Å². The summed E-state index contributed by atoms with van der Waals surface area (Å²) in [4.78, 5) is 2.49. The number of hydrogen-bond acceptors (Lipinski definition) is 7. The van der Waals surface area contributed by atoms with Crippen LogP contribution in [0.3, 0.4) is 0 Å². The molecule has 7 rings (SSSR count). The molecule has 1 aromatic rings. The molecule has 0 radical (unpaired) electrons. The van der Waals surface area contributed by atoms with Crippen molar-refractivity contribution in [2.75, 3.05) is 52.0 Å². The van der Waals surface area contributed by atoms with E-state index in [2.05, 4.69) is 36.1 Å². The van der Waals surface area contributed by atoms with Gasteiger partial charge in [-0.3, -0.25) is 0 Å². The molecule has 7 heteroatoms. The van der Waals surface area contributed by atoms with E-state index in [1.165, 1.54) is 35.2 Å². The molecule has 2 heterocycles. The molecule has 3 saturated carbocycles. The second-order valence-corrected chi connectivity index (χ2v) is 14.1. The van der Waals surface area contributed by atoms with Crippen LogP contribution in [0.4, 0.5) is 5.69 Å². The van der Waals surface area contributed by atoms with Crippen molar-refractivity contribution in [3.8, 4) is 0 Å². The van der Waals surface area contributed by atoms with E-state index >= 15 is 0 Å². The summed E-state index contributed by atoms with van der Waals surface area (Å²) in [6.45, 7) is 6.13. The smallest absolute Gasteiger partial charge is 0.171 e. The molecule has 2 N–H and O–H groups in total. The van der Waals surface area contributed by atoms with E-state index in [0.29, 0.717) is 31.5 Å². The number of ether oxygens (including phenoxy) is 4. The van der Waals surface area contributed by atoms with Crippen molar-refractivity contribution in [3.05, 3.63) is 41.0 Å². The maximum Gasteiger partial charge on any atom is 0.171 e. The normalized spacial score (nSPS) is 40.5. The molecule has 7 atom stereocenters. The van der Waals surface area contributed by atoms with Gasteiger partial charge in [0.25, 0.3) is 0 Å². The summed E-state index contributed by atoms with van der Waals surface area (Å²) in [5.74, 6) is 0.275. The molecule has 0 amide bonds. The van der Waals surface area contributed by atoms with Crippen molar-refractivity contribution in [1.82, 2.24) is 0 Å². The van der Waals surface area contributed by atoms with Crippen molar-refractivity contribution < 1.29 is 29.2 Å². The van der Waals surface area contributed by atoms with Gasteiger partial charge in [0.05, 0.1) is 25.4 Å². The third-order valence-electron chi connectivity index (χ3n) is 12.4. The number of rotatable bonds is 6. The zero-order valence-corrected chi connectivity index (χ0v) is 25.2. The SMILES string of the molecule is COC[C@H](O)[C@@]1(OC)CC[C@H]2[C@@H]3CC[C@@]4(O)CC5(CCC4=C3[C@@H](c3ccc(N4CCCC4)cc3)C[C@@]21C)OCCO5. The largest absolute Gasteiger partial charge is 0.388 e. The maximum atomic E-state index is 12.3. The third-order valence-corrected chi connectivity index (χ3v) is 12.4. The van der Waals surface area contributed by atoms with Crippen LogP contribution in [0.5, 0.6) is 0 Å². The fraction of sp³-hybridized carbons (Fsp3) is 0.765. The highest BCUT2D eigenvalue weighted by molar-refractivity contribution is 5.51. The van der Waals surface area contributed by atoms with Gasteiger partial charge in [-0.05, 0) is 86.5 Å². The standard InChI is InChI=1S/C34H49NO6/c1-31-20-26(23-6-8-24(9-7-23)35-16-4-5-17-35)30-25(27(31)12-15-34(31,39-3)29(36)21-38-2)10-13-32(37)22-33(14-11-28(30)32)40-18-19-41-33/h6-9,25-27,29,36-37H,4-5,10-22H2,1-3H3/t25-,26+,27-,29-,31-,32+,34-/m0/s1. The van der Waals surface area contributed by atoms with Crippen LogP contribution in [-0.2, 0) is 18.9 Å². The van der Waals surface area contributed by atoms with E-state index in [9.17, 15) is 10.2 Å². The number of methoxy groups -OCH3 is 2. The highest BCUT2D eigenvalue weighted by Gasteiger charge is 2.67. The summed E-state index contributed by atoms with van der Waals surface area (Å²) in [7, 11) is 3.44. The Balaban J connectivity index is 1.32. The Morgan fingerprint density at radius 2 is 1.76 bits per heavy atom. The first-order chi connectivity index (χ1) is 19.8. The zero-order chi connectivity index (χ0) is 28.5. The van der Waals surface area contributed by atoms with Gasteiger partial charge in [-0.1, -0.05) is 24.6 Å². The highest BCUT2D eigenvalue weighted by atomic mass is 16.7. The minimum absolute atomic E-state index is 0.164. The predicted octanol–water partition coefficient (Wildman–Crippen LogP) is 4.95. The van der Waals surface area contributed by atoms with E-state index in [0.717, 1.165) is 58.0 Å². The van der Waals surface area contributed by atoms with Crippen molar-refractivity contribution in [3.63, 3.8) is 0 Å². The van der Waals surface area contributed by atoms with Crippen LogP contribution in [0.2, 0.25) is 0 Å². The average Bonchev–Trinajstić information content (AvgIpc) is 3.72. The number of benzene rings is 1. The summed E-state index contributed by atoms with van der Waals surface area (Å²) in [6, 6.07) is 9.28. The topological polar surface area (TPSA) is 80.6 Å². The Morgan fingerprint density at radius 1 is 1.02 bits per heavy atom. The second kappa shape index (κ2) is 10.3. The molecule has 1 spiro atoms. The molecule has 2 saturated heterocycles. The van der Waals surface area contributed by atoms with Crippen molar-refractivity contribution in [1.29, 1.82) is 0 Å². The molecule has 0 bridgehead atoms. The average molecular weight is 568 g/mol. The highest BCUT2D eigenvalue weighted by Crippen LogP contribution is 2.69. The Labute approximate surface area is 245 Å². The number of allylic oxidation sites excluding steroid dienone is 1. The second-order valence-electron chi connectivity index (χ2n) is 14.1. The van der Waals surface area contributed by atoms with Crippen molar-refractivity contribution in [2.45, 2.75) is 100 Å². The van der Waals surface area contributed by atoms with Gasteiger partial charge in [0, 0.05) is 57.2 Å². The summed E-state index contributed by atoms with van der Waals surface area (Å²) < 4.78 is 24.1. The van der Waals surface area contributed by atoms with Gasteiger partial charge in [0.2, 0.25) is 0 Å². The van der Waals surface area contributed by atoms with E-state index < -0.39 is 23.1 Å². The van der Waals surface area contributed by atoms with Gasteiger partial charge in [0.1, 0.15) is 11.7 Å². The predicted molar refractivity (Wildman–Crippen MR) is 157 cm³/mol. The first-order valence-corrected chi connectivity index (χ1v) is 16.1. The molecule has 5 fully saturated rings. The van der Waals surface area contributed by atoms with Crippen LogP contribution in [0.25, 0.3) is 0 Å². The van der Waals surface area contributed by atoms with Gasteiger partial charge < -0.3 is 34.1 Å². The van der Waals surface area contributed by atoms with Crippen LogP contribution in [0.1, 0.15) is 82.6 Å². The number of aliphatic hydroxyl groups is 2. The molecule has 4 aliphatic carbocycles. The molecule has 1 aromatic carbocycles. The zero-order valence-electron chi connectivity index (χ0n) is 25.2. The van der Waals surface area contributed by atoms with Gasteiger partial charge in [-0.15, -0.1) is 0 Å². The lowest BCUT2D eigenvalue weighted by atomic mass is 9.49. The Kier molecular flexibility index (Phi) is 7.12. The van der Waals surface area contributed by atoms with Gasteiger partial charge in [-0.25, -0.2) is 0 Å². The monoisotopic (exact) mass is 567 g/mol. The summed E-state index contributed by atoms with van der Waals surface area (Å²) in [6.07, 6.45) is 8.39. The van der Waals surface area contributed by atoms with Crippen LogP contribution in [0.15, 0.2) is 35.4 Å². The molecule has 0 aromatic heterocycles. The van der Waals surface area contributed by atoms with E-state index in [1.807, 2.05) is 0 Å². The van der Waals surface area contributed by atoms with Gasteiger partial charge in [-0.2, -0.15) is 0 Å². The lowest BCUT2D eigenvalue weighted by molar-refractivity contribution is -0.210. The molecule has 6 aliphatic rings. The summed E-state index contributed by atoms with van der Waals surface area (Å²) in [5.41, 5.74) is 3.57. The first-order valence-electron chi connectivity index (χ1n) is 16.1. The Hall–Kier alpha value is -1.48. The van der Waals surface area contributed by atoms with Crippen LogP contribution < -0.4 is 4.90 Å². The number of anilines is 1. The van der Waals surface area contributed by atoms with Crippen LogP contribution >= 0.6 is 0 Å². The molecular weight excluding hydrogens is 518 g/mol.